The number of halogens is 1. The van der Waals surface area contributed by atoms with Gasteiger partial charge in [-0.05, 0) is 55.3 Å². The van der Waals surface area contributed by atoms with E-state index in [9.17, 15) is 13.2 Å². The minimum absolute atomic E-state index is 0.248. The number of likely N-dealkylation sites (tertiary alicyclic amines) is 1. The third-order valence-electron chi connectivity index (χ3n) is 5.46. The van der Waals surface area contributed by atoms with Crippen molar-refractivity contribution in [2.45, 2.75) is 32.4 Å². The lowest BCUT2D eigenvalue weighted by molar-refractivity contribution is 0.0951. The number of amides is 1. The first-order valence-electron chi connectivity index (χ1n) is 10.1. The third-order valence-corrected chi connectivity index (χ3v) is 6.99. The second-order valence-electron chi connectivity index (χ2n) is 7.68. The first-order valence-corrected chi connectivity index (χ1v) is 12.3. The van der Waals surface area contributed by atoms with Crippen LogP contribution in [0.2, 0.25) is 5.02 Å². The lowest BCUT2D eigenvalue weighted by Gasteiger charge is -2.27. The molecule has 1 fully saturated rings. The molecule has 30 heavy (non-hydrogen) atoms. The third kappa shape index (κ3) is 5.74. The van der Waals surface area contributed by atoms with Crippen LogP contribution < -0.4 is 9.62 Å². The number of rotatable bonds is 7. The Morgan fingerprint density at radius 2 is 1.77 bits per heavy atom. The van der Waals surface area contributed by atoms with Gasteiger partial charge in [-0.3, -0.25) is 14.0 Å². The van der Waals surface area contributed by atoms with Crippen LogP contribution in [0.5, 0.6) is 0 Å². The van der Waals surface area contributed by atoms with Gasteiger partial charge in [0.2, 0.25) is 10.0 Å². The predicted molar refractivity (Wildman–Crippen MR) is 121 cm³/mol. The molecule has 1 amide bonds. The van der Waals surface area contributed by atoms with Crippen molar-refractivity contribution in [2.75, 3.05) is 30.7 Å². The molecule has 1 aliphatic rings. The molecule has 1 aliphatic heterocycles. The number of piperidine rings is 1. The van der Waals surface area contributed by atoms with Crippen LogP contribution in [0.1, 0.15) is 40.7 Å². The molecule has 3 rings (SSSR count). The molecule has 0 radical (unpaired) electrons. The highest BCUT2D eigenvalue weighted by Gasteiger charge is 2.18. The van der Waals surface area contributed by atoms with Crippen molar-refractivity contribution in [2.24, 2.45) is 0 Å². The zero-order valence-corrected chi connectivity index (χ0v) is 19.0. The number of nitrogens with zero attached hydrogens (tertiary/aromatic N) is 2. The predicted octanol–water partition coefficient (Wildman–Crippen LogP) is 3.65. The molecule has 0 aromatic heterocycles. The average molecular weight is 450 g/mol. The zero-order valence-electron chi connectivity index (χ0n) is 17.4. The monoisotopic (exact) mass is 449 g/mol. The van der Waals surface area contributed by atoms with Crippen LogP contribution in [-0.2, 0) is 23.1 Å². The van der Waals surface area contributed by atoms with E-state index in [1.807, 2.05) is 18.2 Å². The number of carbonyl (C=O) groups excluding carboxylic acids is 1. The van der Waals surface area contributed by atoms with Gasteiger partial charge in [0.1, 0.15) is 0 Å². The first-order chi connectivity index (χ1) is 14.3. The maximum atomic E-state index is 12.8. The second kappa shape index (κ2) is 9.81. The Hall–Kier alpha value is -2.09. The van der Waals surface area contributed by atoms with Gasteiger partial charge in [-0.1, -0.05) is 42.3 Å². The number of nitrogens with one attached hydrogen (secondary N) is 1. The molecule has 0 atom stereocenters. The van der Waals surface area contributed by atoms with Gasteiger partial charge < -0.3 is 5.32 Å². The second-order valence-corrected chi connectivity index (χ2v) is 10.1. The summed E-state index contributed by atoms with van der Waals surface area (Å²) in [5.74, 6) is -0.337. The molecule has 8 heteroatoms. The molecular formula is C22H28ClN3O3S. The van der Waals surface area contributed by atoms with Gasteiger partial charge in [-0.25, -0.2) is 8.42 Å². The molecule has 0 aliphatic carbocycles. The number of carbonyl (C=O) groups is 1. The van der Waals surface area contributed by atoms with Crippen molar-refractivity contribution in [3.8, 4) is 0 Å². The van der Waals surface area contributed by atoms with Crippen LogP contribution in [0.25, 0.3) is 0 Å². The summed E-state index contributed by atoms with van der Waals surface area (Å²) in [4.78, 5) is 15.2. The van der Waals surface area contributed by atoms with Crippen LogP contribution in [-0.4, -0.2) is 45.6 Å². The van der Waals surface area contributed by atoms with E-state index in [0.717, 1.165) is 35.8 Å². The Balaban J connectivity index is 1.72. The fourth-order valence-corrected chi connectivity index (χ4v) is 4.29. The molecule has 0 bridgehead atoms. The number of sulfonamides is 1. The number of benzene rings is 2. The lowest BCUT2D eigenvalue weighted by atomic mass is 10.0. The molecule has 1 N–H and O–H groups in total. The summed E-state index contributed by atoms with van der Waals surface area (Å²) in [5, 5.41) is 3.21. The normalized spacial score (nSPS) is 15.0. The Bertz CT molecular complexity index is 1000. The van der Waals surface area contributed by atoms with E-state index in [1.165, 1.54) is 44.0 Å². The van der Waals surface area contributed by atoms with Crippen LogP contribution in [0.3, 0.4) is 0 Å². The highest BCUT2D eigenvalue weighted by molar-refractivity contribution is 7.92. The van der Waals surface area contributed by atoms with E-state index in [2.05, 4.69) is 16.3 Å². The lowest BCUT2D eigenvalue weighted by Crippen LogP contribution is -2.30. The average Bonchev–Trinajstić information content (AvgIpc) is 2.73. The summed E-state index contributed by atoms with van der Waals surface area (Å²) in [6.07, 6.45) is 4.87. The van der Waals surface area contributed by atoms with Crippen molar-refractivity contribution in [1.29, 1.82) is 0 Å². The minimum atomic E-state index is -3.43. The summed E-state index contributed by atoms with van der Waals surface area (Å²) in [6, 6.07) is 12.7. The fraction of sp³-hybridized carbons (Fsp3) is 0.409. The van der Waals surface area contributed by atoms with Gasteiger partial charge in [-0.2, -0.15) is 0 Å². The van der Waals surface area contributed by atoms with Gasteiger partial charge in [-0.15, -0.1) is 0 Å². The van der Waals surface area contributed by atoms with Gasteiger partial charge in [0, 0.05) is 20.1 Å². The molecule has 162 valence electrons. The smallest absolute Gasteiger partial charge is 0.253 e. The van der Waals surface area contributed by atoms with Crippen molar-refractivity contribution < 1.29 is 13.2 Å². The highest BCUT2D eigenvalue weighted by Crippen LogP contribution is 2.24. The maximum absolute atomic E-state index is 12.8. The van der Waals surface area contributed by atoms with E-state index in [0.29, 0.717) is 12.2 Å². The molecule has 1 saturated heterocycles. The van der Waals surface area contributed by atoms with Crippen LogP contribution in [0.15, 0.2) is 42.5 Å². The van der Waals surface area contributed by atoms with Crippen molar-refractivity contribution in [3.05, 3.63) is 64.2 Å². The van der Waals surface area contributed by atoms with Crippen LogP contribution in [0.4, 0.5) is 5.69 Å². The molecular weight excluding hydrogens is 422 g/mol. The summed E-state index contributed by atoms with van der Waals surface area (Å²) in [6.45, 7) is 3.47. The molecule has 2 aromatic rings. The minimum Gasteiger partial charge on any atom is -0.348 e. The van der Waals surface area contributed by atoms with Gasteiger partial charge in [0.25, 0.3) is 5.91 Å². The number of hydrogen-bond acceptors (Lipinski definition) is 4. The fourth-order valence-electron chi connectivity index (χ4n) is 3.59. The molecule has 0 unspecified atom stereocenters. The topological polar surface area (TPSA) is 69.7 Å². The maximum Gasteiger partial charge on any atom is 0.253 e. The number of hydrogen-bond donors (Lipinski definition) is 1. The summed E-state index contributed by atoms with van der Waals surface area (Å²) >= 11 is 6.22. The van der Waals surface area contributed by atoms with Crippen molar-refractivity contribution >= 4 is 33.2 Å². The van der Waals surface area contributed by atoms with Gasteiger partial charge >= 0.3 is 0 Å². The van der Waals surface area contributed by atoms with E-state index in [-0.39, 0.29) is 16.5 Å². The van der Waals surface area contributed by atoms with Crippen LogP contribution in [0, 0.1) is 0 Å². The largest absolute Gasteiger partial charge is 0.348 e. The van der Waals surface area contributed by atoms with E-state index < -0.39 is 10.0 Å². The molecule has 6 nitrogen and oxygen atoms in total. The molecule has 0 spiro atoms. The highest BCUT2D eigenvalue weighted by atomic mass is 35.5. The Morgan fingerprint density at radius 3 is 2.43 bits per heavy atom. The molecule has 0 saturated carbocycles. The molecule has 2 aromatic carbocycles. The standard InChI is InChI=1S/C22H28ClN3O3S/c1-25(30(2,28)29)19-10-11-21(23)20(14-19)22(27)24-15-17-8-4-5-9-18(17)16-26-12-6-3-7-13-26/h4-5,8-11,14H,3,6-7,12-13,15-16H2,1-2H3,(H,24,27). The van der Waals surface area contributed by atoms with E-state index >= 15 is 0 Å². The van der Waals surface area contributed by atoms with Crippen molar-refractivity contribution in [1.82, 2.24) is 10.2 Å². The summed E-state index contributed by atoms with van der Waals surface area (Å²) < 4.78 is 24.7. The van der Waals surface area contributed by atoms with Gasteiger partial charge in [0.15, 0.2) is 0 Å². The van der Waals surface area contributed by atoms with E-state index in [4.69, 9.17) is 11.6 Å². The molecule has 1 heterocycles. The Kier molecular flexibility index (Phi) is 7.39. The Labute approximate surface area is 183 Å². The number of anilines is 1. The quantitative estimate of drug-likeness (QED) is 0.700. The zero-order chi connectivity index (χ0) is 21.7. The van der Waals surface area contributed by atoms with Crippen LogP contribution >= 0.6 is 11.6 Å². The summed E-state index contributed by atoms with van der Waals surface area (Å²) in [5.41, 5.74) is 2.91. The first kappa shape index (κ1) is 22.6. The summed E-state index contributed by atoms with van der Waals surface area (Å²) in [7, 11) is -1.99. The van der Waals surface area contributed by atoms with Gasteiger partial charge in [0.05, 0.1) is 22.5 Å². The SMILES string of the molecule is CN(c1ccc(Cl)c(C(=O)NCc2ccccc2CN2CCCCC2)c1)S(C)(=O)=O. The van der Waals surface area contributed by atoms with E-state index in [1.54, 1.807) is 6.07 Å². The van der Waals surface area contributed by atoms with Crippen molar-refractivity contribution in [3.63, 3.8) is 0 Å². The Morgan fingerprint density at radius 1 is 1.10 bits per heavy atom.